The molecule has 0 saturated heterocycles. The van der Waals surface area contributed by atoms with E-state index in [1.165, 1.54) is 7.11 Å². The Morgan fingerprint density at radius 3 is 2.29 bits per heavy atom. The minimum atomic E-state index is -0.939. The van der Waals surface area contributed by atoms with Gasteiger partial charge in [-0.15, -0.1) is 0 Å². The molecule has 0 fully saturated rings. The highest BCUT2D eigenvalue weighted by atomic mass is 35.5. The Bertz CT molecular complexity index is 480. The molecule has 0 amide bonds. The number of benzene rings is 1. The van der Waals surface area contributed by atoms with Crippen LogP contribution in [0, 0.1) is 13.8 Å². The summed E-state index contributed by atoms with van der Waals surface area (Å²) in [7, 11) is 2.58. The molecule has 92 valence electrons. The van der Waals surface area contributed by atoms with E-state index >= 15 is 0 Å². The molecule has 4 nitrogen and oxygen atoms in total. The van der Waals surface area contributed by atoms with Gasteiger partial charge in [0.25, 0.3) is 5.78 Å². The molecule has 0 aliphatic heterocycles. The van der Waals surface area contributed by atoms with Gasteiger partial charge in [0.1, 0.15) is 5.75 Å². The van der Waals surface area contributed by atoms with Gasteiger partial charge in [-0.1, -0.05) is 11.6 Å². The third kappa shape index (κ3) is 2.42. The van der Waals surface area contributed by atoms with Crippen molar-refractivity contribution in [3.05, 3.63) is 27.8 Å². The number of aryl methyl sites for hydroxylation is 1. The second kappa shape index (κ2) is 5.19. The van der Waals surface area contributed by atoms with Gasteiger partial charge in [-0.25, -0.2) is 4.79 Å². The van der Waals surface area contributed by atoms with Crippen molar-refractivity contribution in [1.29, 1.82) is 0 Å². The van der Waals surface area contributed by atoms with E-state index in [0.717, 1.165) is 12.7 Å². The number of ether oxygens (including phenoxy) is 2. The lowest BCUT2D eigenvalue weighted by Gasteiger charge is -2.13. The minimum Gasteiger partial charge on any atom is -0.496 e. The Labute approximate surface area is 104 Å². The summed E-state index contributed by atoms with van der Waals surface area (Å²) in [5, 5.41) is 0.443. The highest BCUT2D eigenvalue weighted by Gasteiger charge is 2.25. The lowest BCUT2D eigenvalue weighted by molar-refractivity contribution is -0.135. The summed E-state index contributed by atoms with van der Waals surface area (Å²) in [6, 6.07) is 1.62. The Kier molecular flexibility index (Phi) is 4.12. The van der Waals surface area contributed by atoms with Crippen molar-refractivity contribution in [3.8, 4) is 5.75 Å². The number of halogens is 1. The third-order valence-corrected chi connectivity index (χ3v) is 3.04. The molecule has 0 unspecified atom stereocenters. The minimum absolute atomic E-state index is 0.148. The molecule has 0 radical (unpaired) electrons. The van der Waals surface area contributed by atoms with Gasteiger partial charge in [-0.3, -0.25) is 4.79 Å². The van der Waals surface area contributed by atoms with Crippen LogP contribution in [-0.4, -0.2) is 26.0 Å². The van der Waals surface area contributed by atoms with Gasteiger partial charge in [0.05, 0.1) is 19.8 Å². The maximum absolute atomic E-state index is 11.8. The SMILES string of the molecule is COC(=O)C(=O)c1c(OC)cc(C)c(Cl)c1C. The van der Waals surface area contributed by atoms with Crippen LogP contribution in [-0.2, 0) is 9.53 Å². The van der Waals surface area contributed by atoms with Crippen molar-refractivity contribution < 1.29 is 19.1 Å². The van der Waals surface area contributed by atoms with Crippen LogP contribution in [0.25, 0.3) is 0 Å². The van der Waals surface area contributed by atoms with Gasteiger partial charge in [-0.2, -0.15) is 0 Å². The van der Waals surface area contributed by atoms with Crippen LogP contribution >= 0.6 is 11.6 Å². The fraction of sp³-hybridized carbons (Fsp3) is 0.333. The molecule has 0 aromatic heterocycles. The summed E-state index contributed by atoms with van der Waals surface area (Å²) >= 11 is 6.04. The summed E-state index contributed by atoms with van der Waals surface area (Å²) in [5.41, 5.74) is 1.44. The molecule has 0 saturated carbocycles. The van der Waals surface area contributed by atoms with Crippen LogP contribution in [0.4, 0.5) is 0 Å². The first-order chi connectivity index (χ1) is 7.93. The van der Waals surface area contributed by atoms with E-state index in [9.17, 15) is 9.59 Å². The molecule has 0 N–H and O–H groups in total. The number of hydrogen-bond donors (Lipinski definition) is 0. The quantitative estimate of drug-likeness (QED) is 0.473. The van der Waals surface area contributed by atoms with Crippen molar-refractivity contribution >= 4 is 23.4 Å². The van der Waals surface area contributed by atoms with E-state index < -0.39 is 11.8 Å². The second-order valence-electron chi connectivity index (χ2n) is 3.53. The topological polar surface area (TPSA) is 52.6 Å². The summed E-state index contributed by atoms with van der Waals surface area (Å²) in [4.78, 5) is 23.1. The number of carbonyl (C=O) groups is 2. The lowest BCUT2D eigenvalue weighted by Crippen LogP contribution is -2.18. The molecule has 0 bridgehead atoms. The highest BCUT2D eigenvalue weighted by molar-refractivity contribution is 6.42. The molecular formula is C12H13ClO4. The molecule has 1 rings (SSSR count). The molecule has 0 atom stereocenters. The van der Waals surface area contributed by atoms with Gasteiger partial charge in [-0.05, 0) is 31.0 Å². The maximum Gasteiger partial charge on any atom is 0.379 e. The lowest BCUT2D eigenvalue weighted by atomic mass is 10.0. The first kappa shape index (κ1) is 13.5. The maximum atomic E-state index is 11.8. The van der Waals surface area contributed by atoms with Gasteiger partial charge < -0.3 is 9.47 Å². The molecular weight excluding hydrogens is 244 g/mol. The van der Waals surface area contributed by atoms with E-state index in [1.54, 1.807) is 19.9 Å². The number of methoxy groups -OCH3 is 2. The van der Waals surface area contributed by atoms with Crippen molar-refractivity contribution in [2.45, 2.75) is 13.8 Å². The predicted molar refractivity (Wildman–Crippen MR) is 63.8 cm³/mol. The Balaban J connectivity index is 3.46. The van der Waals surface area contributed by atoms with Crippen LogP contribution in [0.5, 0.6) is 5.75 Å². The van der Waals surface area contributed by atoms with Gasteiger partial charge in [0.15, 0.2) is 0 Å². The summed E-state index contributed by atoms with van der Waals surface area (Å²) < 4.78 is 9.49. The van der Waals surface area contributed by atoms with Crippen LogP contribution < -0.4 is 4.74 Å². The summed E-state index contributed by atoms with van der Waals surface area (Å²) in [6.45, 7) is 3.46. The van der Waals surface area contributed by atoms with E-state index in [2.05, 4.69) is 4.74 Å². The molecule has 5 heteroatoms. The monoisotopic (exact) mass is 256 g/mol. The Morgan fingerprint density at radius 1 is 1.24 bits per heavy atom. The zero-order valence-electron chi connectivity index (χ0n) is 10.1. The average molecular weight is 257 g/mol. The molecule has 1 aromatic rings. The van der Waals surface area contributed by atoms with E-state index in [0.29, 0.717) is 16.3 Å². The zero-order valence-corrected chi connectivity index (χ0v) is 10.8. The Hall–Kier alpha value is -1.55. The van der Waals surface area contributed by atoms with E-state index in [1.807, 2.05) is 0 Å². The molecule has 0 aliphatic carbocycles. The predicted octanol–water partition coefficient (Wildman–Crippen LogP) is 2.32. The van der Waals surface area contributed by atoms with E-state index in [4.69, 9.17) is 16.3 Å². The second-order valence-corrected chi connectivity index (χ2v) is 3.91. The fourth-order valence-electron chi connectivity index (χ4n) is 1.56. The first-order valence-electron chi connectivity index (χ1n) is 4.90. The molecule has 1 aromatic carbocycles. The normalized spacial score (nSPS) is 9.94. The first-order valence-corrected chi connectivity index (χ1v) is 5.28. The van der Waals surface area contributed by atoms with Gasteiger partial charge >= 0.3 is 5.97 Å². The third-order valence-electron chi connectivity index (χ3n) is 2.46. The number of esters is 1. The smallest absolute Gasteiger partial charge is 0.379 e. The number of hydrogen-bond acceptors (Lipinski definition) is 4. The van der Waals surface area contributed by atoms with Crippen LogP contribution in [0.1, 0.15) is 21.5 Å². The largest absolute Gasteiger partial charge is 0.496 e. The fourth-order valence-corrected chi connectivity index (χ4v) is 1.71. The van der Waals surface area contributed by atoms with Crippen molar-refractivity contribution in [3.63, 3.8) is 0 Å². The average Bonchev–Trinajstić information content (AvgIpc) is 2.33. The van der Waals surface area contributed by atoms with E-state index in [-0.39, 0.29) is 5.56 Å². The standard InChI is InChI=1S/C12H13ClO4/c1-6-5-8(16-3)9(7(2)10(6)13)11(14)12(15)17-4/h5H,1-4H3. The number of rotatable bonds is 3. The zero-order chi connectivity index (χ0) is 13.2. The van der Waals surface area contributed by atoms with Gasteiger partial charge in [0, 0.05) is 5.02 Å². The van der Waals surface area contributed by atoms with Crippen molar-refractivity contribution in [2.24, 2.45) is 0 Å². The molecule has 0 spiro atoms. The molecule has 17 heavy (non-hydrogen) atoms. The number of Topliss-reactive ketones (excluding diaryl/α,β-unsaturated/α-hetero) is 1. The molecule has 0 aliphatic rings. The summed E-state index contributed by atoms with van der Waals surface area (Å²) in [5.74, 6) is -1.38. The van der Waals surface area contributed by atoms with Crippen molar-refractivity contribution in [2.75, 3.05) is 14.2 Å². The number of ketones is 1. The highest BCUT2D eigenvalue weighted by Crippen LogP contribution is 2.31. The molecule has 0 heterocycles. The van der Waals surface area contributed by atoms with Crippen molar-refractivity contribution in [1.82, 2.24) is 0 Å². The van der Waals surface area contributed by atoms with Crippen LogP contribution in [0.2, 0.25) is 5.02 Å². The summed E-state index contributed by atoms with van der Waals surface area (Å²) in [6.07, 6.45) is 0. The van der Waals surface area contributed by atoms with Crippen LogP contribution in [0.15, 0.2) is 6.07 Å². The Morgan fingerprint density at radius 2 is 1.82 bits per heavy atom. The number of carbonyl (C=O) groups excluding carboxylic acids is 2. The van der Waals surface area contributed by atoms with Gasteiger partial charge in [0.2, 0.25) is 0 Å². The van der Waals surface area contributed by atoms with Crippen LogP contribution in [0.3, 0.4) is 0 Å².